The number of hydrogen-bond donors (Lipinski definition) is 0. The molecule has 0 aliphatic heterocycles. The maximum Gasteiger partial charge on any atom is 0.176 e. The summed E-state index contributed by atoms with van der Waals surface area (Å²) in [6, 6.07) is 0. The maximum atomic E-state index is 13.3. The Bertz CT molecular complexity index is 653. The Hall–Kier alpha value is -1.42. The number of rotatable bonds is 25. The van der Waals surface area contributed by atoms with Gasteiger partial charge < -0.3 is 14.3 Å². The zero-order valence-corrected chi connectivity index (χ0v) is 24.7. The number of aldehydes is 1. The van der Waals surface area contributed by atoms with Gasteiger partial charge in [-0.1, -0.05) is 117 Å². The third-order valence-corrected chi connectivity index (χ3v) is 7.50. The molecule has 0 bridgehead atoms. The number of unbranched alkanes of at least 4 members (excludes halogenated alkanes) is 10. The molecule has 0 heterocycles. The Labute approximate surface area is 229 Å². The van der Waals surface area contributed by atoms with E-state index in [-0.39, 0.29) is 24.4 Å². The highest BCUT2D eigenvalue weighted by molar-refractivity contribution is 5.98. The molecule has 37 heavy (non-hydrogen) atoms. The summed E-state index contributed by atoms with van der Waals surface area (Å²) in [6.45, 7) is 8.86. The first-order chi connectivity index (χ1) is 18.0. The van der Waals surface area contributed by atoms with E-state index in [1.807, 2.05) is 18.2 Å². The van der Waals surface area contributed by atoms with Crippen LogP contribution >= 0.6 is 0 Å². The van der Waals surface area contributed by atoms with E-state index >= 15 is 0 Å². The minimum atomic E-state index is -1.09. The highest BCUT2D eigenvalue weighted by Crippen LogP contribution is 2.34. The van der Waals surface area contributed by atoms with Crippen LogP contribution in [0.1, 0.15) is 156 Å². The summed E-state index contributed by atoms with van der Waals surface area (Å²) in [6.07, 6.45) is 28.1. The van der Waals surface area contributed by atoms with E-state index in [1.54, 1.807) is 0 Å². The highest BCUT2D eigenvalue weighted by Gasteiger charge is 2.41. The van der Waals surface area contributed by atoms with Crippen molar-refractivity contribution in [3.8, 4) is 0 Å². The van der Waals surface area contributed by atoms with Crippen molar-refractivity contribution in [1.82, 2.24) is 0 Å². The van der Waals surface area contributed by atoms with Gasteiger partial charge in [0.15, 0.2) is 11.4 Å². The molecule has 1 aliphatic carbocycles. The number of hydrogen-bond acceptors (Lipinski definition) is 4. The Morgan fingerprint density at radius 2 is 1.32 bits per heavy atom. The van der Waals surface area contributed by atoms with E-state index in [2.05, 4.69) is 27.7 Å². The Balaban J connectivity index is 2.81. The fourth-order valence-corrected chi connectivity index (χ4v) is 5.34. The summed E-state index contributed by atoms with van der Waals surface area (Å²) >= 11 is 0. The summed E-state index contributed by atoms with van der Waals surface area (Å²) in [5.74, 6) is 0.668. The third kappa shape index (κ3) is 14.3. The van der Waals surface area contributed by atoms with Crippen LogP contribution in [0, 0.1) is 0 Å². The number of carbonyl (C=O) groups is 2. The number of ketones is 1. The van der Waals surface area contributed by atoms with E-state index < -0.39 is 5.60 Å². The number of Topliss-reactive ketones (excluding diaryl/α,β-unsaturated/α-hetero) is 1. The monoisotopic (exact) mass is 518 g/mol. The van der Waals surface area contributed by atoms with Crippen molar-refractivity contribution in [2.24, 2.45) is 0 Å². The molecule has 0 aromatic carbocycles. The standard InChI is InChI=1S/C33H58O4/c1-5-9-11-13-15-17-22-29(20-7-3)36-31-24-19-26-33(28-31,32(35)25-27-34)37-30(21-8-4)23-18-16-14-12-10-6-2/h19,24,26-27,29-30H,5-18,20-23,25,28H2,1-4H3. The first-order valence-electron chi connectivity index (χ1n) is 15.7. The molecular formula is C33H58O4. The van der Waals surface area contributed by atoms with Crippen LogP contribution in [0.4, 0.5) is 0 Å². The van der Waals surface area contributed by atoms with Crippen LogP contribution in [0.2, 0.25) is 0 Å². The molecule has 0 spiro atoms. The van der Waals surface area contributed by atoms with Gasteiger partial charge in [-0.3, -0.25) is 4.79 Å². The molecule has 0 amide bonds. The van der Waals surface area contributed by atoms with E-state index in [0.29, 0.717) is 12.7 Å². The van der Waals surface area contributed by atoms with Gasteiger partial charge in [0.05, 0.1) is 18.6 Å². The summed E-state index contributed by atoms with van der Waals surface area (Å²) in [7, 11) is 0. The van der Waals surface area contributed by atoms with Crippen LogP contribution in [-0.4, -0.2) is 29.9 Å². The summed E-state index contributed by atoms with van der Waals surface area (Å²) in [5, 5.41) is 0. The van der Waals surface area contributed by atoms with Gasteiger partial charge in [-0.15, -0.1) is 0 Å². The van der Waals surface area contributed by atoms with Gasteiger partial charge in [0.2, 0.25) is 0 Å². The maximum absolute atomic E-state index is 13.3. The molecule has 1 rings (SSSR count). The molecule has 0 radical (unpaired) electrons. The highest BCUT2D eigenvalue weighted by atomic mass is 16.5. The van der Waals surface area contributed by atoms with Crippen LogP contribution in [0.5, 0.6) is 0 Å². The SMILES string of the molecule is CCCCCCCCC(CCC)OC1=CC=CC(OC(CCC)CCCCCCCC)(C(=O)CC=O)C1. The molecule has 3 atom stereocenters. The van der Waals surface area contributed by atoms with Crippen molar-refractivity contribution in [1.29, 1.82) is 0 Å². The fourth-order valence-electron chi connectivity index (χ4n) is 5.34. The molecule has 0 aromatic heterocycles. The van der Waals surface area contributed by atoms with E-state index in [4.69, 9.17) is 9.47 Å². The normalized spacial score (nSPS) is 18.9. The topological polar surface area (TPSA) is 52.6 Å². The molecule has 1 aliphatic rings. The largest absolute Gasteiger partial charge is 0.495 e. The minimum Gasteiger partial charge on any atom is -0.495 e. The lowest BCUT2D eigenvalue weighted by atomic mass is 9.87. The van der Waals surface area contributed by atoms with E-state index in [1.165, 1.54) is 70.6 Å². The second kappa shape index (κ2) is 21.5. The van der Waals surface area contributed by atoms with Crippen molar-refractivity contribution >= 4 is 12.1 Å². The minimum absolute atomic E-state index is 0.0188. The third-order valence-electron chi connectivity index (χ3n) is 7.50. The Kier molecular flexibility index (Phi) is 19.5. The van der Waals surface area contributed by atoms with Gasteiger partial charge in [-0.25, -0.2) is 0 Å². The quantitative estimate of drug-likeness (QED) is 0.0685. The van der Waals surface area contributed by atoms with E-state index in [9.17, 15) is 9.59 Å². The smallest absolute Gasteiger partial charge is 0.176 e. The summed E-state index contributed by atoms with van der Waals surface area (Å²) in [5.41, 5.74) is -1.09. The molecule has 0 aromatic rings. The molecular weight excluding hydrogens is 460 g/mol. The first kappa shape index (κ1) is 33.6. The molecule has 4 nitrogen and oxygen atoms in total. The average Bonchev–Trinajstić information content (AvgIpc) is 2.88. The molecule has 4 heteroatoms. The van der Waals surface area contributed by atoms with Crippen LogP contribution in [-0.2, 0) is 19.1 Å². The molecule has 0 saturated carbocycles. The van der Waals surface area contributed by atoms with Crippen LogP contribution < -0.4 is 0 Å². The molecule has 3 unspecified atom stereocenters. The van der Waals surface area contributed by atoms with E-state index in [0.717, 1.165) is 50.7 Å². The van der Waals surface area contributed by atoms with Gasteiger partial charge in [0.1, 0.15) is 12.0 Å². The van der Waals surface area contributed by atoms with Gasteiger partial charge in [0.25, 0.3) is 0 Å². The van der Waals surface area contributed by atoms with Crippen molar-refractivity contribution in [2.45, 2.75) is 174 Å². The number of ether oxygens (including phenoxy) is 2. The number of carbonyl (C=O) groups excluding carboxylic acids is 2. The summed E-state index contributed by atoms with van der Waals surface area (Å²) < 4.78 is 13.2. The predicted molar refractivity (Wildman–Crippen MR) is 156 cm³/mol. The zero-order chi connectivity index (χ0) is 27.2. The van der Waals surface area contributed by atoms with Gasteiger partial charge >= 0.3 is 0 Å². The van der Waals surface area contributed by atoms with Crippen molar-refractivity contribution in [3.05, 3.63) is 24.0 Å². The Morgan fingerprint density at radius 3 is 1.89 bits per heavy atom. The van der Waals surface area contributed by atoms with Crippen molar-refractivity contribution < 1.29 is 19.1 Å². The van der Waals surface area contributed by atoms with Crippen molar-refractivity contribution in [2.75, 3.05) is 0 Å². The second-order valence-electron chi connectivity index (χ2n) is 11.0. The molecule has 0 saturated heterocycles. The average molecular weight is 519 g/mol. The van der Waals surface area contributed by atoms with Crippen LogP contribution in [0.3, 0.4) is 0 Å². The fraction of sp³-hybridized carbons (Fsp3) is 0.818. The molecule has 0 fully saturated rings. The van der Waals surface area contributed by atoms with Gasteiger partial charge in [0, 0.05) is 6.42 Å². The van der Waals surface area contributed by atoms with Crippen LogP contribution in [0.25, 0.3) is 0 Å². The van der Waals surface area contributed by atoms with Gasteiger partial charge in [-0.05, 0) is 44.3 Å². The zero-order valence-electron chi connectivity index (χ0n) is 24.7. The molecule has 0 N–H and O–H groups in total. The van der Waals surface area contributed by atoms with Crippen LogP contribution in [0.15, 0.2) is 24.0 Å². The lowest BCUT2D eigenvalue weighted by Gasteiger charge is -2.36. The predicted octanol–water partition coefficient (Wildman–Crippen LogP) is 9.60. The Morgan fingerprint density at radius 1 is 0.784 bits per heavy atom. The van der Waals surface area contributed by atoms with Crippen molar-refractivity contribution in [3.63, 3.8) is 0 Å². The summed E-state index contributed by atoms with van der Waals surface area (Å²) in [4.78, 5) is 24.6. The lowest BCUT2D eigenvalue weighted by Crippen LogP contribution is -2.44. The van der Waals surface area contributed by atoms with Gasteiger partial charge in [-0.2, -0.15) is 0 Å². The molecule has 214 valence electrons. The number of allylic oxidation sites excluding steroid dienone is 2. The second-order valence-corrected chi connectivity index (χ2v) is 11.0. The first-order valence-corrected chi connectivity index (χ1v) is 15.7. The lowest BCUT2D eigenvalue weighted by molar-refractivity contribution is -0.149.